The molecule has 2 bridgehead atoms. The first-order valence-corrected chi connectivity index (χ1v) is 23.3. The first kappa shape index (κ1) is 49.1. The average molecular weight is 910 g/mol. The second kappa shape index (κ2) is 21.8. The highest BCUT2D eigenvalue weighted by molar-refractivity contribution is 5.96. The summed E-state index contributed by atoms with van der Waals surface area (Å²) in [4.78, 5) is 52.6. The number of aliphatic hydroxyl groups excluding tert-OH is 5. The van der Waals surface area contributed by atoms with Gasteiger partial charge in [-0.15, -0.1) is 0 Å². The van der Waals surface area contributed by atoms with Gasteiger partial charge in [-0.25, -0.2) is 0 Å². The minimum Gasteiger partial charge on any atom is -0.458 e. The fraction of sp³-hybridized carbons (Fsp3) is 0.646. The number of ether oxygens (including phenoxy) is 5. The standard InChI is InChI=1S/C48H67N3O14/c1-4-6-13-21-47(22-14-7-5-2)63-39-34-27-48(46(59)50(3)33(43(57)49-23-24-52)26-30-16-9-8-10-17-30)41(44(58)61-34)51(65-42(48)40(39)64-47)28-32-19-12-11-18-31(32)20-15-25-60-45-38(56)37(55)36(54)35(29-53)62-45/h8-12,15-20,33-42,45,52-56H,4-7,13-14,21-29H2,1-3H3,(H,49,57)/t33-,34-,35-,36+,37+,38-,39+,40+,41+,42-,45+,48+/m1/s1. The Kier molecular flexibility index (Phi) is 16.5. The van der Waals surface area contributed by atoms with Crippen molar-refractivity contribution in [3.05, 3.63) is 77.4 Å². The number of carbonyl (C=O) groups excluding carboxylic acids is 3. The van der Waals surface area contributed by atoms with Crippen molar-refractivity contribution < 1.29 is 68.4 Å². The molecular formula is C48H67N3O14. The summed E-state index contributed by atoms with van der Waals surface area (Å²) in [6.07, 6.45) is 0.257. The van der Waals surface area contributed by atoms with Gasteiger partial charge < -0.3 is 59.4 Å². The Morgan fingerprint density at radius 3 is 2.32 bits per heavy atom. The molecular weight excluding hydrogens is 843 g/mol. The second-order valence-corrected chi connectivity index (χ2v) is 18.0. The predicted molar refractivity (Wildman–Crippen MR) is 234 cm³/mol. The van der Waals surface area contributed by atoms with Crippen LogP contribution in [0.4, 0.5) is 0 Å². The molecule has 17 nitrogen and oxygen atoms in total. The SMILES string of the molecule is CCCCCC1(CCCCC)O[C@@H]2[C@H](O1)[C@H]1ON(Cc3ccccc3C=CCO[C@H]3O[C@H](CO)[C@H](O)[C@H](O)[C@H]3O)[C@H]3C(=O)O[C@@H]2C[C@@]13C(=O)N(C)[C@H](Cc1ccccc1)C(=O)NCCO. The van der Waals surface area contributed by atoms with E-state index >= 15 is 4.79 Å². The molecule has 4 heterocycles. The van der Waals surface area contributed by atoms with Gasteiger partial charge in [0.1, 0.15) is 60.3 Å². The minimum atomic E-state index is -1.58. The van der Waals surface area contributed by atoms with Gasteiger partial charge in [0.25, 0.3) is 0 Å². The lowest BCUT2D eigenvalue weighted by atomic mass is 9.62. The maximum absolute atomic E-state index is 15.7. The number of rotatable bonds is 22. The van der Waals surface area contributed by atoms with Crippen LogP contribution in [0.1, 0.15) is 88.3 Å². The molecule has 1 saturated carbocycles. The zero-order valence-electron chi connectivity index (χ0n) is 37.6. The number of benzene rings is 2. The van der Waals surface area contributed by atoms with Crippen molar-refractivity contribution in [3.8, 4) is 0 Å². The van der Waals surface area contributed by atoms with E-state index < -0.39 is 103 Å². The lowest BCUT2D eigenvalue weighted by molar-refractivity contribution is -0.298. The van der Waals surface area contributed by atoms with Crippen LogP contribution in [0, 0.1) is 5.41 Å². The van der Waals surface area contributed by atoms with Crippen LogP contribution in [0.5, 0.6) is 0 Å². The molecule has 4 aliphatic heterocycles. The molecule has 4 saturated heterocycles. The average Bonchev–Trinajstić information content (AvgIpc) is 3.87. The van der Waals surface area contributed by atoms with E-state index in [4.69, 9.17) is 28.5 Å². The number of fused-ring (bicyclic) bond motifs is 4. The smallest absolute Gasteiger partial charge is 0.327 e. The van der Waals surface area contributed by atoms with E-state index in [2.05, 4.69) is 19.2 Å². The lowest BCUT2D eigenvalue weighted by Crippen LogP contribution is -2.70. The fourth-order valence-electron chi connectivity index (χ4n) is 10.2. The normalized spacial score (nSPS) is 32.0. The molecule has 12 atom stereocenters. The van der Waals surface area contributed by atoms with Gasteiger partial charge in [0, 0.05) is 39.3 Å². The Morgan fingerprint density at radius 2 is 1.63 bits per heavy atom. The third kappa shape index (κ3) is 10.2. The zero-order valence-corrected chi connectivity index (χ0v) is 37.6. The number of aliphatic hydroxyl groups is 5. The number of amides is 2. The molecule has 0 radical (unpaired) electrons. The fourth-order valence-corrected chi connectivity index (χ4v) is 10.2. The molecule has 358 valence electrons. The van der Waals surface area contributed by atoms with Gasteiger partial charge in [0.15, 0.2) is 18.1 Å². The molecule has 17 heteroatoms. The Bertz CT molecular complexity index is 1930. The van der Waals surface area contributed by atoms with Crippen molar-refractivity contribution in [2.75, 3.05) is 33.4 Å². The number of likely N-dealkylation sites (N-methyl/N-ethyl adjacent to an activating group) is 1. The molecule has 65 heavy (non-hydrogen) atoms. The first-order valence-electron chi connectivity index (χ1n) is 23.3. The molecule has 0 spiro atoms. The van der Waals surface area contributed by atoms with Crippen LogP contribution in [0.25, 0.3) is 6.08 Å². The lowest BCUT2D eigenvalue weighted by Gasteiger charge is -2.50. The zero-order chi connectivity index (χ0) is 46.3. The van der Waals surface area contributed by atoms with Gasteiger partial charge >= 0.3 is 5.97 Å². The monoisotopic (exact) mass is 909 g/mol. The number of nitrogens with zero attached hydrogens (tertiary/aromatic N) is 2. The van der Waals surface area contributed by atoms with E-state index in [0.717, 1.165) is 55.2 Å². The van der Waals surface area contributed by atoms with E-state index in [9.17, 15) is 35.1 Å². The van der Waals surface area contributed by atoms with Crippen LogP contribution in [-0.2, 0) is 55.9 Å². The highest BCUT2D eigenvalue weighted by atomic mass is 16.8. The van der Waals surface area contributed by atoms with E-state index in [-0.39, 0.29) is 39.1 Å². The van der Waals surface area contributed by atoms with Gasteiger partial charge in [-0.3, -0.25) is 19.2 Å². The third-order valence-electron chi connectivity index (χ3n) is 13.6. The van der Waals surface area contributed by atoms with E-state index in [1.54, 1.807) is 19.2 Å². The molecule has 2 aromatic carbocycles. The Labute approximate surface area is 380 Å². The summed E-state index contributed by atoms with van der Waals surface area (Å²) >= 11 is 0. The maximum Gasteiger partial charge on any atom is 0.327 e. The van der Waals surface area contributed by atoms with Gasteiger partial charge in [-0.1, -0.05) is 106 Å². The molecule has 7 rings (SSSR count). The summed E-state index contributed by atoms with van der Waals surface area (Å²) in [5, 5.41) is 54.3. The molecule has 1 aliphatic carbocycles. The van der Waals surface area contributed by atoms with Gasteiger partial charge in [0.2, 0.25) is 11.8 Å². The number of unbranched alkanes of at least 4 members (excludes halogenated alkanes) is 4. The predicted octanol–water partition coefficient (Wildman–Crippen LogP) is 2.14. The summed E-state index contributed by atoms with van der Waals surface area (Å²) < 4.78 is 31.5. The number of esters is 1. The van der Waals surface area contributed by atoms with Crippen molar-refractivity contribution in [2.45, 2.75) is 158 Å². The summed E-state index contributed by atoms with van der Waals surface area (Å²) in [6, 6.07) is 14.5. The van der Waals surface area contributed by atoms with Crippen LogP contribution in [0.2, 0.25) is 0 Å². The van der Waals surface area contributed by atoms with Gasteiger partial charge in [0.05, 0.1) is 26.4 Å². The number of nitrogens with one attached hydrogen (secondary N) is 1. The summed E-state index contributed by atoms with van der Waals surface area (Å²) in [5.41, 5.74) is 0.702. The largest absolute Gasteiger partial charge is 0.458 e. The van der Waals surface area contributed by atoms with Crippen LogP contribution in [-0.4, -0.2) is 160 Å². The molecule has 5 aliphatic rings. The van der Waals surface area contributed by atoms with Crippen LogP contribution >= 0.6 is 0 Å². The number of hydroxylamine groups is 2. The maximum atomic E-state index is 15.7. The van der Waals surface area contributed by atoms with Crippen molar-refractivity contribution >= 4 is 23.9 Å². The molecule has 2 amide bonds. The third-order valence-corrected chi connectivity index (χ3v) is 13.6. The van der Waals surface area contributed by atoms with E-state index in [1.807, 2.05) is 54.6 Å². The first-order chi connectivity index (χ1) is 31.4. The summed E-state index contributed by atoms with van der Waals surface area (Å²) in [5.74, 6) is -2.54. The number of hydrogen-bond acceptors (Lipinski definition) is 15. The minimum absolute atomic E-state index is 0.00531. The highest BCUT2D eigenvalue weighted by Gasteiger charge is 2.76. The molecule has 0 aromatic heterocycles. The summed E-state index contributed by atoms with van der Waals surface area (Å²) in [6.45, 7) is 3.36. The topological polar surface area (TPSA) is 226 Å². The van der Waals surface area contributed by atoms with Crippen molar-refractivity contribution in [3.63, 3.8) is 0 Å². The number of carbonyl (C=O) groups is 3. The molecule has 0 unspecified atom stereocenters. The Hall–Kier alpha value is -3.85. The van der Waals surface area contributed by atoms with Crippen LogP contribution in [0.15, 0.2) is 60.7 Å². The molecule has 5 fully saturated rings. The van der Waals surface area contributed by atoms with E-state index in [0.29, 0.717) is 12.8 Å². The molecule has 2 aromatic rings. The molecule has 6 N–H and O–H groups in total. The van der Waals surface area contributed by atoms with Crippen molar-refractivity contribution in [1.82, 2.24) is 15.3 Å². The van der Waals surface area contributed by atoms with Gasteiger partial charge in [-0.05, 0) is 29.5 Å². The Balaban J connectivity index is 1.21. The second-order valence-electron chi connectivity index (χ2n) is 18.0. The Morgan fingerprint density at radius 1 is 0.938 bits per heavy atom. The summed E-state index contributed by atoms with van der Waals surface area (Å²) in [7, 11) is 1.58. The number of hydrogen-bond donors (Lipinski definition) is 6. The van der Waals surface area contributed by atoms with Crippen LogP contribution in [0.3, 0.4) is 0 Å². The van der Waals surface area contributed by atoms with Crippen LogP contribution < -0.4 is 5.32 Å². The van der Waals surface area contributed by atoms with Crippen molar-refractivity contribution in [2.24, 2.45) is 5.41 Å². The van der Waals surface area contributed by atoms with E-state index in [1.165, 1.54) is 9.96 Å². The quantitative estimate of drug-likeness (QED) is 0.0736. The van der Waals surface area contributed by atoms with Crippen molar-refractivity contribution in [1.29, 1.82) is 0 Å². The van der Waals surface area contributed by atoms with Gasteiger partial charge in [-0.2, -0.15) is 5.06 Å². The highest BCUT2D eigenvalue weighted by Crippen LogP contribution is 2.58.